The number of benzene rings is 1. The predicted octanol–water partition coefficient (Wildman–Crippen LogP) is 2.68. The van der Waals surface area contributed by atoms with Crippen LogP contribution in [-0.4, -0.2) is 39.6 Å². The summed E-state index contributed by atoms with van der Waals surface area (Å²) in [5.41, 5.74) is 2.97. The van der Waals surface area contributed by atoms with E-state index in [1.165, 1.54) is 5.56 Å². The second-order valence-corrected chi connectivity index (χ2v) is 6.97. The Kier molecular flexibility index (Phi) is 4.32. The third-order valence-corrected chi connectivity index (χ3v) is 5.06. The fourth-order valence-electron chi connectivity index (χ4n) is 3.67. The van der Waals surface area contributed by atoms with Gasteiger partial charge in [0.1, 0.15) is 11.5 Å². The quantitative estimate of drug-likeness (QED) is 0.790. The molecule has 1 N–H and O–H groups in total. The molecule has 134 valence electrons. The van der Waals surface area contributed by atoms with Crippen LogP contribution in [0.1, 0.15) is 28.9 Å². The maximum Gasteiger partial charge on any atom is 0.268 e. The molecule has 2 aromatic heterocycles. The highest BCUT2D eigenvalue weighted by atomic mass is 16.2. The highest BCUT2D eigenvalue weighted by molar-refractivity contribution is 5.99. The molecule has 1 aromatic carbocycles. The van der Waals surface area contributed by atoms with Crippen LogP contribution in [0.25, 0.3) is 10.9 Å². The van der Waals surface area contributed by atoms with Crippen LogP contribution in [0.4, 0.5) is 5.82 Å². The van der Waals surface area contributed by atoms with Gasteiger partial charge >= 0.3 is 0 Å². The average Bonchev–Trinajstić information content (AvgIpc) is 2.99. The van der Waals surface area contributed by atoms with Gasteiger partial charge in [0, 0.05) is 49.5 Å². The van der Waals surface area contributed by atoms with Crippen LogP contribution in [0.5, 0.6) is 0 Å². The Morgan fingerprint density at radius 2 is 2.15 bits per heavy atom. The van der Waals surface area contributed by atoms with E-state index in [0.29, 0.717) is 5.69 Å². The van der Waals surface area contributed by atoms with E-state index in [9.17, 15) is 4.79 Å². The number of piperidine rings is 1. The molecule has 3 heterocycles. The molecule has 26 heavy (non-hydrogen) atoms. The molecule has 1 aliphatic rings. The zero-order chi connectivity index (χ0) is 18.1. The Labute approximate surface area is 152 Å². The molecule has 3 aromatic rings. The Morgan fingerprint density at radius 1 is 1.27 bits per heavy atom. The number of carbonyl (C=O) groups excluding carboxylic acids is 1. The summed E-state index contributed by atoms with van der Waals surface area (Å²) in [6.07, 6.45) is 7.15. The summed E-state index contributed by atoms with van der Waals surface area (Å²) >= 11 is 0. The number of fused-ring (bicyclic) bond motifs is 1. The third kappa shape index (κ3) is 3.14. The minimum Gasteiger partial charge on any atom is -0.353 e. The van der Waals surface area contributed by atoms with Crippen molar-refractivity contribution in [3.05, 3.63) is 54.1 Å². The van der Waals surface area contributed by atoms with E-state index in [4.69, 9.17) is 0 Å². The Bertz CT molecular complexity index is 934. The summed E-state index contributed by atoms with van der Waals surface area (Å²) in [6, 6.07) is 8.33. The van der Waals surface area contributed by atoms with Gasteiger partial charge in [-0.2, -0.15) is 0 Å². The van der Waals surface area contributed by atoms with Gasteiger partial charge in [0.25, 0.3) is 5.91 Å². The molecule has 1 fully saturated rings. The van der Waals surface area contributed by atoms with Crippen molar-refractivity contribution in [2.45, 2.75) is 25.8 Å². The van der Waals surface area contributed by atoms with Crippen LogP contribution in [0.3, 0.4) is 0 Å². The molecule has 0 unspecified atom stereocenters. The van der Waals surface area contributed by atoms with E-state index < -0.39 is 0 Å². The van der Waals surface area contributed by atoms with Gasteiger partial charge in [0.15, 0.2) is 0 Å². The largest absolute Gasteiger partial charge is 0.353 e. The number of nitrogens with zero attached hydrogens (tertiary/aromatic N) is 4. The van der Waals surface area contributed by atoms with Gasteiger partial charge < -0.3 is 14.8 Å². The van der Waals surface area contributed by atoms with Gasteiger partial charge in [-0.05, 0) is 37.5 Å². The minimum atomic E-state index is -0.0210. The van der Waals surface area contributed by atoms with Crippen molar-refractivity contribution in [2.75, 3.05) is 18.0 Å². The van der Waals surface area contributed by atoms with Crippen molar-refractivity contribution in [3.63, 3.8) is 0 Å². The van der Waals surface area contributed by atoms with E-state index in [1.807, 2.05) is 17.7 Å². The molecule has 1 aliphatic heterocycles. The topological polar surface area (TPSA) is 63.1 Å². The lowest BCUT2D eigenvalue weighted by Gasteiger charge is -2.33. The van der Waals surface area contributed by atoms with Crippen LogP contribution >= 0.6 is 0 Å². The Hall–Kier alpha value is -2.89. The van der Waals surface area contributed by atoms with E-state index in [-0.39, 0.29) is 11.9 Å². The number of aryl methyl sites for hydroxylation is 2. The number of anilines is 1. The maximum absolute atomic E-state index is 12.9. The van der Waals surface area contributed by atoms with Crippen LogP contribution in [0.2, 0.25) is 0 Å². The molecular weight excluding hydrogens is 326 g/mol. The first-order valence-electron chi connectivity index (χ1n) is 9.00. The summed E-state index contributed by atoms with van der Waals surface area (Å²) in [5.74, 6) is 0.846. The molecule has 0 aliphatic carbocycles. The zero-order valence-electron chi connectivity index (χ0n) is 15.1. The van der Waals surface area contributed by atoms with Crippen molar-refractivity contribution >= 4 is 22.6 Å². The van der Waals surface area contributed by atoms with Gasteiger partial charge in [-0.15, -0.1) is 0 Å². The fraction of sp³-hybridized carbons (Fsp3) is 0.350. The normalized spacial score (nSPS) is 17.5. The van der Waals surface area contributed by atoms with E-state index >= 15 is 0 Å². The molecule has 0 radical (unpaired) electrons. The average molecular weight is 349 g/mol. The standard InChI is InChI=1S/C20H23N5O/c1-14-5-6-15-11-18(24(2)17(15)10-14)20(26)23-16-4-3-9-25(13-16)19-12-21-7-8-22-19/h5-8,10-12,16H,3-4,9,13H2,1-2H3,(H,23,26)/t16-/m1/s1. The lowest BCUT2D eigenvalue weighted by Crippen LogP contribution is -2.48. The number of rotatable bonds is 3. The van der Waals surface area contributed by atoms with Crippen molar-refractivity contribution in [2.24, 2.45) is 7.05 Å². The lowest BCUT2D eigenvalue weighted by atomic mass is 10.1. The van der Waals surface area contributed by atoms with E-state index in [2.05, 4.69) is 45.3 Å². The van der Waals surface area contributed by atoms with Gasteiger partial charge in [-0.1, -0.05) is 12.1 Å². The van der Waals surface area contributed by atoms with Crippen LogP contribution in [-0.2, 0) is 7.05 Å². The molecule has 6 nitrogen and oxygen atoms in total. The molecule has 0 bridgehead atoms. The Balaban J connectivity index is 1.50. The summed E-state index contributed by atoms with van der Waals surface area (Å²) in [7, 11) is 1.95. The van der Waals surface area contributed by atoms with Crippen LogP contribution in [0.15, 0.2) is 42.9 Å². The fourth-order valence-corrected chi connectivity index (χ4v) is 3.67. The molecule has 1 amide bonds. The highest BCUT2D eigenvalue weighted by Gasteiger charge is 2.24. The zero-order valence-corrected chi connectivity index (χ0v) is 15.1. The van der Waals surface area contributed by atoms with Gasteiger partial charge in [-0.25, -0.2) is 4.98 Å². The summed E-state index contributed by atoms with van der Waals surface area (Å²) in [6.45, 7) is 3.77. The number of nitrogens with one attached hydrogen (secondary N) is 1. The number of aromatic nitrogens is 3. The number of carbonyl (C=O) groups is 1. The maximum atomic E-state index is 12.9. The molecule has 1 atom stereocenters. The third-order valence-electron chi connectivity index (χ3n) is 5.06. The first-order valence-corrected chi connectivity index (χ1v) is 9.00. The van der Waals surface area contributed by atoms with Crippen molar-refractivity contribution in [3.8, 4) is 0 Å². The molecule has 0 spiro atoms. The second kappa shape index (κ2) is 6.78. The lowest BCUT2D eigenvalue weighted by molar-refractivity contribution is 0.0925. The van der Waals surface area contributed by atoms with Crippen molar-refractivity contribution in [1.29, 1.82) is 0 Å². The first-order chi connectivity index (χ1) is 12.6. The number of hydrogen-bond donors (Lipinski definition) is 1. The highest BCUT2D eigenvalue weighted by Crippen LogP contribution is 2.21. The molecular formula is C20H23N5O. The van der Waals surface area contributed by atoms with E-state index in [0.717, 1.165) is 42.7 Å². The number of amides is 1. The smallest absolute Gasteiger partial charge is 0.268 e. The van der Waals surface area contributed by atoms with Crippen LogP contribution < -0.4 is 10.2 Å². The monoisotopic (exact) mass is 349 g/mol. The number of hydrogen-bond acceptors (Lipinski definition) is 4. The summed E-state index contributed by atoms with van der Waals surface area (Å²) in [5, 5.41) is 4.29. The molecule has 4 rings (SSSR count). The first kappa shape index (κ1) is 16.6. The summed E-state index contributed by atoms with van der Waals surface area (Å²) in [4.78, 5) is 23.6. The molecule has 6 heteroatoms. The molecule has 0 saturated carbocycles. The van der Waals surface area contributed by atoms with Crippen LogP contribution in [0, 0.1) is 6.92 Å². The second-order valence-electron chi connectivity index (χ2n) is 6.97. The van der Waals surface area contributed by atoms with Crippen molar-refractivity contribution in [1.82, 2.24) is 19.9 Å². The van der Waals surface area contributed by atoms with Gasteiger partial charge in [-0.3, -0.25) is 9.78 Å². The predicted molar refractivity (Wildman–Crippen MR) is 102 cm³/mol. The van der Waals surface area contributed by atoms with E-state index in [1.54, 1.807) is 18.6 Å². The molecule has 1 saturated heterocycles. The summed E-state index contributed by atoms with van der Waals surface area (Å²) < 4.78 is 1.97. The van der Waals surface area contributed by atoms with Gasteiger partial charge in [0.05, 0.1) is 6.20 Å². The van der Waals surface area contributed by atoms with Crippen molar-refractivity contribution < 1.29 is 4.79 Å². The Morgan fingerprint density at radius 3 is 2.96 bits per heavy atom. The minimum absolute atomic E-state index is 0.0210. The van der Waals surface area contributed by atoms with Gasteiger partial charge in [0.2, 0.25) is 0 Å². The SMILES string of the molecule is Cc1ccc2cc(C(=O)N[C@@H]3CCCN(c4cnccn4)C3)n(C)c2c1.